The molecule has 27 heavy (non-hydrogen) atoms. The highest BCUT2D eigenvalue weighted by Gasteiger charge is 2.38. The Morgan fingerprint density at radius 3 is 2.52 bits per heavy atom. The van der Waals surface area contributed by atoms with Crippen LogP contribution in [-0.2, 0) is 15.7 Å². The first-order valence-electron chi connectivity index (χ1n) is 8.01. The zero-order valence-corrected chi connectivity index (χ0v) is 14.5. The Morgan fingerprint density at radius 1 is 1.26 bits per heavy atom. The van der Waals surface area contributed by atoms with Crippen LogP contribution in [0.2, 0.25) is 0 Å². The van der Waals surface area contributed by atoms with Crippen molar-refractivity contribution in [3.05, 3.63) is 35.5 Å². The minimum absolute atomic E-state index is 0.0162. The fourth-order valence-electron chi connectivity index (χ4n) is 2.34. The topological polar surface area (TPSA) is 82.3 Å². The molecule has 0 radical (unpaired) electrons. The van der Waals surface area contributed by atoms with Crippen LogP contribution in [0.5, 0.6) is 0 Å². The maximum Gasteiger partial charge on any atom is 0.471 e. The van der Waals surface area contributed by atoms with Gasteiger partial charge in [-0.25, -0.2) is 4.39 Å². The standard InChI is InChI=1S/C17H16F4N2O4/c1-3-26-14(25)7-9(2)6-13(24)11-5-4-10(8-12(11)18)15-22-16(27-23-15)17(19,20)21/h4-5,8-9H,3,6-7H2,1-2H3. The quantitative estimate of drug-likeness (QED) is 0.404. The summed E-state index contributed by atoms with van der Waals surface area (Å²) in [7, 11) is 0. The van der Waals surface area contributed by atoms with E-state index in [-0.39, 0.29) is 36.5 Å². The van der Waals surface area contributed by atoms with Gasteiger partial charge < -0.3 is 9.26 Å². The first-order valence-corrected chi connectivity index (χ1v) is 8.01. The number of hydrogen-bond donors (Lipinski definition) is 0. The maximum atomic E-state index is 14.2. The summed E-state index contributed by atoms with van der Waals surface area (Å²) < 4.78 is 60.6. The molecule has 0 fully saturated rings. The summed E-state index contributed by atoms with van der Waals surface area (Å²) in [6, 6.07) is 3.21. The molecule has 0 bridgehead atoms. The number of hydrogen-bond acceptors (Lipinski definition) is 6. The lowest BCUT2D eigenvalue weighted by Crippen LogP contribution is -2.14. The molecule has 0 saturated heterocycles. The summed E-state index contributed by atoms with van der Waals surface area (Å²) in [5.74, 6) is -4.28. The van der Waals surface area contributed by atoms with Crippen molar-refractivity contribution >= 4 is 11.8 Å². The van der Waals surface area contributed by atoms with E-state index < -0.39 is 35.5 Å². The van der Waals surface area contributed by atoms with Crippen LogP contribution < -0.4 is 0 Å². The number of aromatic nitrogens is 2. The van der Waals surface area contributed by atoms with Crippen molar-refractivity contribution < 1.29 is 36.4 Å². The highest BCUT2D eigenvalue weighted by Crippen LogP contribution is 2.30. The van der Waals surface area contributed by atoms with Crippen molar-refractivity contribution in [2.75, 3.05) is 6.61 Å². The van der Waals surface area contributed by atoms with Crippen LogP contribution >= 0.6 is 0 Å². The van der Waals surface area contributed by atoms with Crippen molar-refractivity contribution in [1.29, 1.82) is 0 Å². The number of esters is 1. The number of carbonyl (C=O) groups is 2. The molecule has 10 heteroatoms. The lowest BCUT2D eigenvalue weighted by Gasteiger charge is -2.10. The second-order valence-corrected chi connectivity index (χ2v) is 5.86. The highest BCUT2D eigenvalue weighted by atomic mass is 19.4. The molecule has 2 rings (SSSR count). The van der Waals surface area contributed by atoms with Gasteiger partial charge in [0.25, 0.3) is 0 Å². The van der Waals surface area contributed by atoms with Crippen LogP contribution in [0, 0.1) is 11.7 Å². The molecule has 0 saturated carbocycles. The van der Waals surface area contributed by atoms with Gasteiger partial charge in [-0.1, -0.05) is 18.1 Å². The number of Topliss-reactive ketones (excluding diaryl/α,β-unsaturated/α-hetero) is 1. The summed E-state index contributed by atoms with van der Waals surface area (Å²) >= 11 is 0. The summed E-state index contributed by atoms with van der Waals surface area (Å²) in [5.41, 5.74) is -0.308. The number of halogens is 4. The Morgan fingerprint density at radius 2 is 1.96 bits per heavy atom. The van der Waals surface area contributed by atoms with Gasteiger partial charge in [0.1, 0.15) is 5.82 Å². The van der Waals surface area contributed by atoms with E-state index in [0.717, 1.165) is 12.1 Å². The smallest absolute Gasteiger partial charge is 0.466 e. The van der Waals surface area contributed by atoms with E-state index in [1.54, 1.807) is 13.8 Å². The van der Waals surface area contributed by atoms with E-state index >= 15 is 0 Å². The van der Waals surface area contributed by atoms with Gasteiger partial charge in [-0.3, -0.25) is 9.59 Å². The van der Waals surface area contributed by atoms with E-state index in [1.165, 1.54) is 6.07 Å². The first-order chi connectivity index (χ1) is 12.6. The monoisotopic (exact) mass is 388 g/mol. The van der Waals surface area contributed by atoms with E-state index in [1.807, 2.05) is 0 Å². The van der Waals surface area contributed by atoms with Gasteiger partial charge >= 0.3 is 18.0 Å². The molecule has 146 valence electrons. The predicted molar refractivity (Wildman–Crippen MR) is 84.1 cm³/mol. The SMILES string of the molecule is CCOC(=O)CC(C)CC(=O)c1ccc(-c2noc(C(F)(F)F)n2)cc1F. The minimum Gasteiger partial charge on any atom is -0.466 e. The lowest BCUT2D eigenvalue weighted by molar-refractivity contribution is -0.159. The third-order valence-corrected chi connectivity index (χ3v) is 3.55. The predicted octanol–water partition coefficient (Wildman–Crippen LogP) is 4.06. The number of alkyl halides is 3. The van der Waals surface area contributed by atoms with Gasteiger partial charge in [-0.05, 0) is 25.0 Å². The molecule has 1 unspecified atom stereocenters. The van der Waals surface area contributed by atoms with Crippen LogP contribution in [0.15, 0.2) is 22.7 Å². The van der Waals surface area contributed by atoms with Crippen molar-refractivity contribution in [3.63, 3.8) is 0 Å². The van der Waals surface area contributed by atoms with Crippen LogP contribution in [0.3, 0.4) is 0 Å². The largest absolute Gasteiger partial charge is 0.471 e. The first kappa shape index (κ1) is 20.5. The van der Waals surface area contributed by atoms with Crippen molar-refractivity contribution in [3.8, 4) is 11.4 Å². The molecule has 0 aliphatic heterocycles. The van der Waals surface area contributed by atoms with E-state index in [9.17, 15) is 27.2 Å². The Labute approximate surface area is 151 Å². The number of carbonyl (C=O) groups excluding carboxylic acids is 2. The Hall–Kier alpha value is -2.78. The maximum absolute atomic E-state index is 14.2. The molecule has 0 N–H and O–H groups in total. The average molecular weight is 388 g/mol. The second kappa shape index (κ2) is 8.28. The molecule has 1 aromatic heterocycles. The highest BCUT2D eigenvalue weighted by molar-refractivity contribution is 5.97. The number of ketones is 1. The Balaban J connectivity index is 2.11. The van der Waals surface area contributed by atoms with E-state index in [0.29, 0.717) is 0 Å². The van der Waals surface area contributed by atoms with Crippen molar-refractivity contribution in [1.82, 2.24) is 10.1 Å². The van der Waals surface area contributed by atoms with Crippen LogP contribution in [0.4, 0.5) is 17.6 Å². The molecule has 0 aliphatic carbocycles. The van der Waals surface area contributed by atoms with Gasteiger partial charge in [-0.2, -0.15) is 18.2 Å². The summed E-state index contributed by atoms with van der Waals surface area (Å²) in [6.45, 7) is 3.53. The fraction of sp³-hybridized carbons (Fsp3) is 0.412. The Kier molecular flexibility index (Phi) is 6.29. The van der Waals surface area contributed by atoms with Gasteiger partial charge in [-0.15, -0.1) is 0 Å². The second-order valence-electron chi connectivity index (χ2n) is 5.86. The molecule has 6 nitrogen and oxygen atoms in total. The molecule has 0 aliphatic rings. The third-order valence-electron chi connectivity index (χ3n) is 3.55. The summed E-state index contributed by atoms with van der Waals surface area (Å²) in [6.07, 6.45) is -4.88. The molecule has 1 aromatic carbocycles. The summed E-state index contributed by atoms with van der Waals surface area (Å²) in [4.78, 5) is 26.8. The molecular formula is C17H16F4N2O4. The van der Waals surface area contributed by atoms with Gasteiger partial charge in [0.15, 0.2) is 5.78 Å². The molecule has 1 heterocycles. The zero-order valence-electron chi connectivity index (χ0n) is 14.5. The fourth-order valence-corrected chi connectivity index (χ4v) is 2.34. The molecule has 2 aromatic rings. The normalized spacial score (nSPS) is 12.7. The average Bonchev–Trinajstić information content (AvgIpc) is 3.04. The summed E-state index contributed by atoms with van der Waals surface area (Å²) in [5, 5.41) is 3.16. The minimum atomic E-state index is -4.81. The van der Waals surface area contributed by atoms with Gasteiger partial charge in [0.05, 0.1) is 12.2 Å². The third kappa shape index (κ3) is 5.35. The van der Waals surface area contributed by atoms with Crippen LogP contribution in [-0.4, -0.2) is 28.5 Å². The molecular weight excluding hydrogens is 372 g/mol. The number of rotatable bonds is 7. The van der Waals surface area contributed by atoms with Gasteiger partial charge in [0.2, 0.25) is 5.82 Å². The lowest BCUT2D eigenvalue weighted by atomic mass is 9.96. The Bertz CT molecular complexity index is 833. The number of nitrogens with zero attached hydrogens (tertiary/aromatic N) is 2. The molecule has 0 amide bonds. The molecule has 1 atom stereocenters. The van der Waals surface area contributed by atoms with Crippen molar-refractivity contribution in [2.45, 2.75) is 32.9 Å². The van der Waals surface area contributed by atoms with E-state index in [2.05, 4.69) is 14.7 Å². The number of benzene rings is 1. The molecule has 0 spiro atoms. The van der Waals surface area contributed by atoms with Crippen LogP contribution in [0.1, 0.15) is 42.9 Å². The van der Waals surface area contributed by atoms with Crippen molar-refractivity contribution in [2.24, 2.45) is 5.92 Å². The number of ether oxygens (including phenoxy) is 1. The van der Waals surface area contributed by atoms with Gasteiger partial charge in [0, 0.05) is 18.4 Å². The zero-order chi connectivity index (χ0) is 20.2. The van der Waals surface area contributed by atoms with Crippen LogP contribution in [0.25, 0.3) is 11.4 Å². The van der Waals surface area contributed by atoms with E-state index in [4.69, 9.17) is 4.74 Å².